The lowest BCUT2D eigenvalue weighted by atomic mass is 9.94. The number of piperidine rings is 1. The molecule has 0 bridgehead atoms. The predicted octanol–water partition coefficient (Wildman–Crippen LogP) is 3.84. The first-order valence-electron chi connectivity index (χ1n) is 7.88. The van der Waals surface area contributed by atoms with Crippen molar-refractivity contribution in [3.8, 4) is 0 Å². The van der Waals surface area contributed by atoms with Crippen molar-refractivity contribution < 1.29 is 4.74 Å². The van der Waals surface area contributed by atoms with Gasteiger partial charge < -0.3 is 15.0 Å². The molecule has 0 saturated carbocycles. The number of ether oxygens (including phenoxy) is 1. The quantitative estimate of drug-likeness (QED) is 0.808. The number of rotatable bonds is 6. The van der Waals surface area contributed by atoms with Crippen LogP contribution in [0.5, 0.6) is 0 Å². The largest absolute Gasteiger partial charge is 0.377 e. The second-order valence-electron chi connectivity index (χ2n) is 6.09. The van der Waals surface area contributed by atoms with Crippen LogP contribution < -0.4 is 10.2 Å². The van der Waals surface area contributed by atoms with E-state index in [0.29, 0.717) is 0 Å². The summed E-state index contributed by atoms with van der Waals surface area (Å²) in [5, 5.41) is 4.31. The van der Waals surface area contributed by atoms with Crippen LogP contribution in [0.4, 0.5) is 5.69 Å². The zero-order chi connectivity index (χ0) is 15.3. The van der Waals surface area contributed by atoms with Crippen LogP contribution in [0.2, 0.25) is 5.02 Å². The van der Waals surface area contributed by atoms with E-state index in [1.807, 2.05) is 19.2 Å². The Morgan fingerprint density at radius 1 is 1.43 bits per heavy atom. The average molecular weight is 311 g/mol. The Hall–Kier alpha value is -0.770. The number of hydrogen-bond acceptors (Lipinski definition) is 3. The molecule has 1 N–H and O–H groups in total. The maximum atomic E-state index is 6.43. The molecule has 1 unspecified atom stereocenters. The third-order valence-electron chi connectivity index (χ3n) is 4.32. The van der Waals surface area contributed by atoms with Crippen LogP contribution in [0.3, 0.4) is 0 Å². The second kappa shape index (κ2) is 7.48. The molecule has 1 aromatic carbocycles. The highest BCUT2D eigenvalue weighted by Gasteiger charge is 2.31. The molecule has 118 valence electrons. The van der Waals surface area contributed by atoms with E-state index in [1.165, 1.54) is 11.3 Å². The molecule has 2 rings (SSSR count). The summed E-state index contributed by atoms with van der Waals surface area (Å²) in [6.07, 6.45) is 3.40. The minimum absolute atomic E-state index is 0.0608. The Bertz CT molecular complexity index is 466. The van der Waals surface area contributed by atoms with Crippen LogP contribution in [-0.2, 0) is 11.3 Å². The molecule has 1 saturated heterocycles. The summed E-state index contributed by atoms with van der Waals surface area (Å²) in [6, 6.07) is 6.20. The van der Waals surface area contributed by atoms with E-state index in [-0.39, 0.29) is 5.60 Å². The zero-order valence-electron chi connectivity index (χ0n) is 13.4. The molecule has 1 heterocycles. The summed E-state index contributed by atoms with van der Waals surface area (Å²) >= 11 is 6.43. The Labute approximate surface area is 133 Å². The first-order valence-corrected chi connectivity index (χ1v) is 8.25. The van der Waals surface area contributed by atoms with Crippen LogP contribution in [-0.4, -0.2) is 32.3 Å². The molecule has 0 amide bonds. The van der Waals surface area contributed by atoms with Gasteiger partial charge in [-0.1, -0.05) is 24.6 Å². The maximum absolute atomic E-state index is 6.43. The smallest absolute Gasteiger partial charge is 0.0825 e. The first kappa shape index (κ1) is 16.6. The second-order valence-corrected chi connectivity index (χ2v) is 6.50. The molecule has 3 nitrogen and oxygen atoms in total. The normalized spacial score (nSPS) is 22.6. The van der Waals surface area contributed by atoms with Crippen LogP contribution in [0.25, 0.3) is 0 Å². The Kier molecular flexibility index (Phi) is 5.91. The third kappa shape index (κ3) is 4.12. The molecule has 1 aliphatic rings. The van der Waals surface area contributed by atoms with Crippen molar-refractivity contribution in [2.24, 2.45) is 0 Å². The molecule has 1 aliphatic heterocycles. The molecule has 1 fully saturated rings. The van der Waals surface area contributed by atoms with Crippen LogP contribution in [0.1, 0.15) is 38.7 Å². The zero-order valence-corrected chi connectivity index (χ0v) is 14.2. The molecule has 4 heteroatoms. The van der Waals surface area contributed by atoms with E-state index in [0.717, 1.165) is 50.5 Å². The summed E-state index contributed by atoms with van der Waals surface area (Å²) in [5.41, 5.74) is 2.39. The van der Waals surface area contributed by atoms with Crippen LogP contribution >= 0.6 is 11.6 Å². The molecule has 1 aromatic rings. The Balaban J connectivity index is 2.20. The standard InChI is InChI=1S/C17H27ClN2O/c1-4-10-19-12-14-15(18)7-5-8-16(14)20-11-6-9-17(2,13-20)21-3/h5,7-8,19H,4,6,9-13H2,1-3H3. The monoisotopic (exact) mass is 310 g/mol. The lowest BCUT2D eigenvalue weighted by Crippen LogP contribution is -2.47. The van der Waals surface area contributed by atoms with Crippen molar-refractivity contribution in [2.75, 3.05) is 31.6 Å². The van der Waals surface area contributed by atoms with Gasteiger partial charge in [0.2, 0.25) is 0 Å². The summed E-state index contributed by atoms with van der Waals surface area (Å²) in [5.74, 6) is 0. The van der Waals surface area contributed by atoms with Crippen molar-refractivity contribution >= 4 is 17.3 Å². The molecular weight excluding hydrogens is 284 g/mol. The predicted molar refractivity (Wildman–Crippen MR) is 90.3 cm³/mol. The lowest BCUT2D eigenvalue weighted by molar-refractivity contribution is -0.00468. The number of anilines is 1. The summed E-state index contributed by atoms with van der Waals surface area (Å²) in [4.78, 5) is 2.42. The van der Waals surface area contributed by atoms with Crippen molar-refractivity contribution in [1.82, 2.24) is 5.32 Å². The summed E-state index contributed by atoms with van der Waals surface area (Å²) < 4.78 is 5.71. The summed E-state index contributed by atoms with van der Waals surface area (Å²) in [7, 11) is 1.81. The minimum Gasteiger partial charge on any atom is -0.377 e. The van der Waals surface area contributed by atoms with Gasteiger partial charge in [-0.25, -0.2) is 0 Å². The molecule has 0 aromatic heterocycles. The molecule has 21 heavy (non-hydrogen) atoms. The number of hydrogen-bond donors (Lipinski definition) is 1. The number of halogens is 1. The molecular formula is C17H27ClN2O. The SMILES string of the molecule is CCCNCc1c(Cl)cccc1N1CCCC(C)(OC)C1. The van der Waals surface area contributed by atoms with E-state index >= 15 is 0 Å². The van der Waals surface area contributed by atoms with Crippen molar-refractivity contribution in [3.05, 3.63) is 28.8 Å². The molecule has 0 radical (unpaired) electrons. The fourth-order valence-electron chi connectivity index (χ4n) is 2.99. The van der Waals surface area contributed by atoms with Gasteiger partial charge in [-0.3, -0.25) is 0 Å². The number of benzene rings is 1. The van der Waals surface area contributed by atoms with E-state index in [9.17, 15) is 0 Å². The third-order valence-corrected chi connectivity index (χ3v) is 4.67. The van der Waals surface area contributed by atoms with Gasteiger partial charge in [-0.15, -0.1) is 0 Å². The van der Waals surface area contributed by atoms with Crippen molar-refractivity contribution in [2.45, 2.75) is 45.3 Å². The van der Waals surface area contributed by atoms with Gasteiger partial charge in [-0.2, -0.15) is 0 Å². The van der Waals surface area contributed by atoms with Gasteiger partial charge in [0.1, 0.15) is 0 Å². The Morgan fingerprint density at radius 3 is 2.95 bits per heavy atom. The van der Waals surface area contributed by atoms with Gasteiger partial charge in [0, 0.05) is 43.0 Å². The average Bonchev–Trinajstić information content (AvgIpc) is 2.49. The molecule has 1 atom stereocenters. The Morgan fingerprint density at radius 2 is 2.24 bits per heavy atom. The topological polar surface area (TPSA) is 24.5 Å². The highest BCUT2D eigenvalue weighted by atomic mass is 35.5. The van der Waals surface area contributed by atoms with Gasteiger partial charge in [0.05, 0.1) is 5.60 Å². The fraction of sp³-hybridized carbons (Fsp3) is 0.647. The summed E-state index contributed by atoms with van der Waals surface area (Å²) in [6.45, 7) is 8.20. The first-order chi connectivity index (χ1) is 10.1. The van der Waals surface area contributed by atoms with Gasteiger partial charge >= 0.3 is 0 Å². The maximum Gasteiger partial charge on any atom is 0.0825 e. The van der Waals surface area contributed by atoms with E-state index in [2.05, 4.69) is 30.1 Å². The van der Waals surface area contributed by atoms with Crippen LogP contribution in [0, 0.1) is 0 Å². The molecule has 0 aliphatic carbocycles. The van der Waals surface area contributed by atoms with Gasteiger partial charge in [0.15, 0.2) is 0 Å². The van der Waals surface area contributed by atoms with Crippen molar-refractivity contribution in [1.29, 1.82) is 0 Å². The van der Waals surface area contributed by atoms with E-state index in [4.69, 9.17) is 16.3 Å². The van der Waals surface area contributed by atoms with Crippen LogP contribution in [0.15, 0.2) is 18.2 Å². The number of methoxy groups -OCH3 is 1. The minimum atomic E-state index is -0.0608. The highest BCUT2D eigenvalue weighted by Crippen LogP contribution is 2.33. The fourth-order valence-corrected chi connectivity index (χ4v) is 3.22. The molecule has 0 spiro atoms. The van der Waals surface area contributed by atoms with E-state index < -0.39 is 0 Å². The highest BCUT2D eigenvalue weighted by molar-refractivity contribution is 6.31. The van der Waals surface area contributed by atoms with E-state index in [1.54, 1.807) is 0 Å². The lowest BCUT2D eigenvalue weighted by Gasteiger charge is -2.41. The van der Waals surface area contributed by atoms with Gasteiger partial charge in [-0.05, 0) is 44.9 Å². The number of nitrogens with one attached hydrogen (secondary N) is 1. The van der Waals surface area contributed by atoms with Gasteiger partial charge in [0.25, 0.3) is 0 Å². The number of nitrogens with zero attached hydrogens (tertiary/aromatic N) is 1. The van der Waals surface area contributed by atoms with Crippen molar-refractivity contribution in [3.63, 3.8) is 0 Å².